The average Bonchev–Trinajstić information content (AvgIpc) is 2.68. The van der Waals surface area contributed by atoms with Crippen LogP contribution in [0.2, 0.25) is 0 Å². The number of halogens is 3. The molecule has 0 aromatic heterocycles. The number of rotatable bonds is 8. The maximum absolute atomic E-state index is 12.6. The van der Waals surface area contributed by atoms with Gasteiger partial charge in [-0.2, -0.15) is 13.2 Å². The van der Waals surface area contributed by atoms with Crippen molar-refractivity contribution in [3.63, 3.8) is 0 Å². The van der Waals surface area contributed by atoms with Crippen molar-refractivity contribution in [2.24, 2.45) is 4.99 Å². The molecule has 2 rings (SSSR count). The Morgan fingerprint density at radius 2 is 1.66 bits per heavy atom. The molecule has 0 bridgehead atoms. The van der Waals surface area contributed by atoms with Gasteiger partial charge in [-0.15, -0.1) is 0 Å². The van der Waals surface area contributed by atoms with Crippen molar-refractivity contribution >= 4 is 15.8 Å². The van der Waals surface area contributed by atoms with Crippen LogP contribution in [0.5, 0.6) is 0 Å². The van der Waals surface area contributed by atoms with E-state index in [1.807, 2.05) is 6.92 Å². The average molecular weight is 427 g/mol. The molecule has 0 fully saturated rings. The van der Waals surface area contributed by atoms with Crippen molar-refractivity contribution < 1.29 is 21.6 Å². The number of benzene rings is 2. The Morgan fingerprint density at radius 1 is 1.00 bits per heavy atom. The summed E-state index contributed by atoms with van der Waals surface area (Å²) in [6.07, 6.45) is -3.84. The number of sulfone groups is 1. The van der Waals surface area contributed by atoms with E-state index in [9.17, 15) is 21.6 Å². The van der Waals surface area contributed by atoms with E-state index in [2.05, 4.69) is 15.6 Å². The van der Waals surface area contributed by atoms with Gasteiger partial charge in [0.15, 0.2) is 15.8 Å². The lowest BCUT2D eigenvalue weighted by Gasteiger charge is -2.12. The van der Waals surface area contributed by atoms with Gasteiger partial charge in [0, 0.05) is 13.1 Å². The van der Waals surface area contributed by atoms with Gasteiger partial charge in [-0.05, 0) is 43.2 Å². The lowest BCUT2D eigenvalue weighted by atomic mass is 10.1. The number of nitrogens with zero attached hydrogens (tertiary/aromatic N) is 1. The van der Waals surface area contributed by atoms with E-state index in [4.69, 9.17) is 0 Å². The van der Waals surface area contributed by atoms with Crippen molar-refractivity contribution in [2.45, 2.75) is 24.4 Å². The summed E-state index contributed by atoms with van der Waals surface area (Å²) in [5, 5.41) is 6.08. The SMILES string of the molecule is CCNC(=NCCS(=O)(=O)c1ccccc1)NCCc1ccc(C(F)(F)F)cc1. The van der Waals surface area contributed by atoms with Crippen molar-refractivity contribution in [1.82, 2.24) is 10.6 Å². The molecule has 0 aliphatic carbocycles. The van der Waals surface area contributed by atoms with Gasteiger partial charge >= 0.3 is 6.18 Å². The second-order valence-corrected chi connectivity index (χ2v) is 8.37. The first-order chi connectivity index (χ1) is 13.7. The molecule has 0 heterocycles. The Kier molecular flexibility index (Phi) is 8.07. The molecule has 158 valence electrons. The topological polar surface area (TPSA) is 70.6 Å². The molecular formula is C20H24F3N3O2S. The Hall–Kier alpha value is -2.55. The lowest BCUT2D eigenvalue weighted by molar-refractivity contribution is -0.137. The van der Waals surface area contributed by atoms with Gasteiger partial charge in [0.25, 0.3) is 0 Å². The van der Waals surface area contributed by atoms with Crippen molar-refractivity contribution in [2.75, 3.05) is 25.4 Å². The smallest absolute Gasteiger partial charge is 0.357 e. The third kappa shape index (κ3) is 7.41. The fourth-order valence-corrected chi connectivity index (χ4v) is 3.69. The normalized spacial score (nSPS) is 12.6. The van der Waals surface area contributed by atoms with Crippen LogP contribution in [0.1, 0.15) is 18.1 Å². The van der Waals surface area contributed by atoms with E-state index in [-0.39, 0.29) is 17.2 Å². The molecular weight excluding hydrogens is 403 g/mol. The van der Waals surface area contributed by atoms with Crippen LogP contribution < -0.4 is 10.6 Å². The molecule has 0 saturated carbocycles. The van der Waals surface area contributed by atoms with Crippen LogP contribution in [-0.4, -0.2) is 39.8 Å². The highest BCUT2D eigenvalue weighted by molar-refractivity contribution is 7.91. The fraction of sp³-hybridized carbons (Fsp3) is 0.350. The molecule has 0 saturated heterocycles. The minimum atomic E-state index is -4.35. The standard InChI is InChI=1S/C20H24F3N3O2S/c1-2-24-19(26-14-15-29(27,28)18-6-4-3-5-7-18)25-13-12-16-8-10-17(11-9-16)20(21,22)23/h3-11H,2,12-15H2,1H3,(H2,24,25,26). The minimum absolute atomic E-state index is 0.0901. The first-order valence-corrected chi connectivity index (χ1v) is 10.8. The van der Waals surface area contributed by atoms with Gasteiger partial charge in [-0.3, -0.25) is 4.99 Å². The molecule has 2 aromatic rings. The Morgan fingerprint density at radius 3 is 2.24 bits per heavy atom. The number of nitrogens with one attached hydrogen (secondary N) is 2. The first-order valence-electron chi connectivity index (χ1n) is 9.18. The van der Waals surface area contributed by atoms with Crippen LogP contribution in [-0.2, 0) is 22.4 Å². The summed E-state index contributed by atoms with van der Waals surface area (Å²) in [6, 6.07) is 13.2. The minimum Gasteiger partial charge on any atom is -0.357 e. The predicted octanol–water partition coefficient (Wildman–Crippen LogP) is 3.28. The largest absolute Gasteiger partial charge is 0.416 e. The zero-order chi connectivity index (χ0) is 21.3. The molecule has 0 amide bonds. The molecule has 0 aliphatic heterocycles. The fourth-order valence-electron chi connectivity index (χ4n) is 2.55. The highest BCUT2D eigenvalue weighted by atomic mass is 32.2. The third-order valence-corrected chi connectivity index (χ3v) is 5.77. The lowest BCUT2D eigenvalue weighted by Crippen LogP contribution is -2.38. The van der Waals surface area contributed by atoms with Crippen LogP contribution in [0, 0.1) is 0 Å². The highest BCUT2D eigenvalue weighted by Gasteiger charge is 2.29. The van der Waals surface area contributed by atoms with Crippen molar-refractivity contribution in [1.29, 1.82) is 0 Å². The molecule has 0 atom stereocenters. The molecule has 2 N–H and O–H groups in total. The summed E-state index contributed by atoms with van der Waals surface area (Å²) in [6.45, 7) is 3.01. The number of hydrogen-bond donors (Lipinski definition) is 2. The van der Waals surface area contributed by atoms with Crippen molar-refractivity contribution in [3.05, 3.63) is 65.7 Å². The number of aliphatic imine (C=N–C) groups is 1. The summed E-state index contributed by atoms with van der Waals surface area (Å²) in [4.78, 5) is 4.53. The van der Waals surface area contributed by atoms with Gasteiger partial charge < -0.3 is 10.6 Å². The molecule has 0 unspecified atom stereocenters. The predicted molar refractivity (Wildman–Crippen MR) is 108 cm³/mol. The van der Waals surface area contributed by atoms with Crippen LogP contribution >= 0.6 is 0 Å². The van der Waals surface area contributed by atoms with Gasteiger partial charge in [0.05, 0.1) is 22.8 Å². The van der Waals surface area contributed by atoms with E-state index < -0.39 is 21.6 Å². The van der Waals surface area contributed by atoms with Gasteiger partial charge in [-0.1, -0.05) is 30.3 Å². The molecule has 0 aliphatic rings. The zero-order valence-electron chi connectivity index (χ0n) is 16.0. The van der Waals surface area contributed by atoms with E-state index in [0.29, 0.717) is 25.5 Å². The van der Waals surface area contributed by atoms with Crippen LogP contribution in [0.25, 0.3) is 0 Å². The Bertz CT molecular complexity index is 897. The van der Waals surface area contributed by atoms with E-state index in [0.717, 1.165) is 17.7 Å². The molecule has 2 aromatic carbocycles. The molecule has 29 heavy (non-hydrogen) atoms. The second kappa shape index (κ2) is 10.3. The van der Waals surface area contributed by atoms with Gasteiger partial charge in [-0.25, -0.2) is 8.42 Å². The summed E-state index contributed by atoms with van der Waals surface area (Å²) >= 11 is 0. The van der Waals surface area contributed by atoms with Crippen LogP contribution in [0.4, 0.5) is 13.2 Å². The van der Waals surface area contributed by atoms with Gasteiger partial charge in [0.1, 0.15) is 0 Å². The maximum atomic E-state index is 12.6. The van der Waals surface area contributed by atoms with E-state index in [1.54, 1.807) is 30.3 Å². The number of hydrogen-bond acceptors (Lipinski definition) is 3. The zero-order valence-corrected chi connectivity index (χ0v) is 16.9. The van der Waals surface area contributed by atoms with Gasteiger partial charge in [0.2, 0.25) is 0 Å². The summed E-state index contributed by atoms with van der Waals surface area (Å²) in [5.41, 5.74) is 0.0803. The van der Waals surface area contributed by atoms with Crippen molar-refractivity contribution in [3.8, 4) is 0 Å². The highest BCUT2D eigenvalue weighted by Crippen LogP contribution is 2.29. The van der Waals surface area contributed by atoms with E-state index in [1.165, 1.54) is 12.1 Å². The molecule has 5 nitrogen and oxygen atoms in total. The number of guanidine groups is 1. The first kappa shape index (κ1) is 22.7. The van der Waals surface area contributed by atoms with Crippen LogP contribution in [0.15, 0.2) is 64.5 Å². The molecule has 0 spiro atoms. The summed E-state index contributed by atoms with van der Waals surface area (Å²) in [5.74, 6) is 0.342. The summed E-state index contributed by atoms with van der Waals surface area (Å²) < 4.78 is 62.3. The van der Waals surface area contributed by atoms with Crippen LogP contribution in [0.3, 0.4) is 0 Å². The molecule has 9 heteroatoms. The second-order valence-electron chi connectivity index (χ2n) is 6.26. The van der Waals surface area contributed by atoms with E-state index >= 15 is 0 Å². The Balaban J connectivity index is 1.87. The maximum Gasteiger partial charge on any atom is 0.416 e. The Labute approximate surface area is 169 Å². The summed E-state index contributed by atoms with van der Waals surface area (Å²) in [7, 11) is -3.41. The third-order valence-electron chi connectivity index (χ3n) is 4.06. The number of alkyl halides is 3. The monoisotopic (exact) mass is 427 g/mol. The quantitative estimate of drug-likeness (QED) is 0.501. The molecule has 0 radical (unpaired) electrons.